The van der Waals surface area contributed by atoms with Gasteiger partial charge in [0.15, 0.2) is 0 Å². The topological polar surface area (TPSA) is 59.4 Å². The zero-order valence-corrected chi connectivity index (χ0v) is 16.3. The highest BCUT2D eigenvalue weighted by molar-refractivity contribution is 5.94. The number of anilines is 1. The highest BCUT2D eigenvalue weighted by Crippen LogP contribution is 2.23. The van der Waals surface area contributed by atoms with Gasteiger partial charge in [0.25, 0.3) is 0 Å². The maximum atomic E-state index is 12.9. The summed E-state index contributed by atoms with van der Waals surface area (Å²) in [5.41, 5.74) is 2.60. The number of carbonyl (C=O) groups excluding carboxylic acids is 1. The average molecular weight is 366 g/mol. The Morgan fingerprint density at radius 3 is 2.56 bits per heavy atom. The van der Waals surface area contributed by atoms with Crippen LogP contribution in [0.3, 0.4) is 0 Å². The van der Waals surface area contributed by atoms with Gasteiger partial charge >= 0.3 is 0 Å². The number of nitrogens with zero attached hydrogens (tertiary/aromatic N) is 3. The molecular weight excluding hydrogens is 340 g/mol. The van der Waals surface area contributed by atoms with E-state index in [0.29, 0.717) is 13.2 Å². The second-order valence-corrected chi connectivity index (χ2v) is 6.75. The minimum atomic E-state index is -0.390. The molecule has 142 valence electrons. The number of imidazole rings is 1. The second-order valence-electron chi connectivity index (χ2n) is 6.75. The van der Waals surface area contributed by atoms with Crippen LogP contribution in [0.5, 0.6) is 5.75 Å². The summed E-state index contributed by atoms with van der Waals surface area (Å²) in [4.78, 5) is 19.7. The molecule has 1 heterocycles. The van der Waals surface area contributed by atoms with Crippen molar-refractivity contribution in [2.24, 2.45) is 0 Å². The van der Waals surface area contributed by atoms with E-state index in [1.807, 2.05) is 81.0 Å². The molecule has 0 saturated heterocycles. The molecule has 0 aliphatic heterocycles. The summed E-state index contributed by atoms with van der Waals surface area (Å²) in [6, 6.07) is 14.9. The van der Waals surface area contributed by atoms with Crippen LogP contribution in [0.4, 0.5) is 5.69 Å². The lowest BCUT2D eigenvalue weighted by Gasteiger charge is -2.19. The number of rotatable bonds is 7. The molecule has 0 saturated carbocycles. The number of para-hydroxylation sites is 2. The van der Waals surface area contributed by atoms with Crippen molar-refractivity contribution < 1.29 is 9.53 Å². The number of fused-ring (bicyclic) bond motifs is 1. The van der Waals surface area contributed by atoms with Crippen LogP contribution in [0.2, 0.25) is 0 Å². The fraction of sp³-hybridized carbons (Fsp3) is 0.333. The molecule has 0 aliphatic rings. The van der Waals surface area contributed by atoms with Gasteiger partial charge in [0.1, 0.15) is 17.6 Å². The summed E-state index contributed by atoms with van der Waals surface area (Å²) in [5.74, 6) is 1.58. The van der Waals surface area contributed by atoms with Gasteiger partial charge in [-0.05, 0) is 64.3 Å². The van der Waals surface area contributed by atoms with Crippen LogP contribution in [0.25, 0.3) is 11.0 Å². The molecule has 6 nitrogen and oxygen atoms in total. The molecule has 0 spiro atoms. The van der Waals surface area contributed by atoms with Crippen LogP contribution in [-0.2, 0) is 11.3 Å². The Morgan fingerprint density at radius 1 is 1.19 bits per heavy atom. The summed E-state index contributed by atoms with van der Waals surface area (Å²) in [6.45, 7) is 5.12. The lowest BCUT2D eigenvalue weighted by molar-refractivity contribution is -0.118. The molecule has 27 heavy (non-hydrogen) atoms. The summed E-state index contributed by atoms with van der Waals surface area (Å²) >= 11 is 0. The zero-order chi connectivity index (χ0) is 19.4. The zero-order valence-electron chi connectivity index (χ0n) is 16.3. The summed E-state index contributed by atoms with van der Waals surface area (Å²) in [6.07, 6.45) is 0. The van der Waals surface area contributed by atoms with Gasteiger partial charge in [-0.2, -0.15) is 0 Å². The van der Waals surface area contributed by atoms with Crippen molar-refractivity contribution in [1.82, 2.24) is 14.5 Å². The third kappa shape index (κ3) is 4.28. The van der Waals surface area contributed by atoms with Crippen LogP contribution >= 0.6 is 0 Å². The van der Waals surface area contributed by atoms with Crippen molar-refractivity contribution >= 4 is 22.6 Å². The van der Waals surface area contributed by atoms with Gasteiger partial charge < -0.3 is 19.5 Å². The number of benzene rings is 2. The monoisotopic (exact) mass is 366 g/mol. The molecule has 3 rings (SSSR count). The lowest BCUT2D eigenvalue weighted by atomic mass is 10.2. The van der Waals surface area contributed by atoms with Gasteiger partial charge in [-0.15, -0.1) is 0 Å². The van der Waals surface area contributed by atoms with E-state index in [-0.39, 0.29) is 11.9 Å². The molecule has 0 bridgehead atoms. The first-order chi connectivity index (χ1) is 13.0. The summed E-state index contributed by atoms with van der Waals surface area (Å²) in [5, 5.41) is 2.99. The Kier molecular flexibility index (Phi) is 5.76. The molecule has 3 aromatic rings. The van der Waals surface area contributed by atoms with E-state index in [1.165, 1.54) is 0 Å². The second kappa shape index (κ2) is 8.22. The molecule has 6 heteroatoms. The molecule has 1 aromatic heterocycles. The van der Waals surface area contributed by atoms with E-state index in [4.69, 9.17) is 9.72 Å². The Bertz CT molecular complexity index is 916. The van der Waals surface area contributed by atoms with Gasteiger partial charge in [0.2, 0.25) is 5.91 Å². The van der Waals surface area contributed by atoms with Crippen molar-refractivity contribution in [2.75, 3.05) is 26.0 Å². The molecule has 1 amide bonds. The fourth-order valence-corrected chi connectivity index (χ4v) is 3.09. The first-order valence-electron chi connectivity index (χ1n) is 9.14. The van der Waals surface area contributed by atoms with Crippen LogP contribution in [0.1, 0.15) is 25.7 Å². The summed E-state index contributed by atoms with van der Waals surface area (Å²) in [7, 11) is 3.99. The fourth-order valence-electron chi connectivity index (χ4n) is 3.09. The van der Waals surface area contributed by atoms with E-state index in [1.54, 1.807) is 0 Å². The van der Waals surface area contributed by atoms with Crippen LogP contribution in [0.15, 0.2) is 48.5 Å². The third-order valence-electron chi connectivity index (χ3n) is 4.33. The van der Waals surface area contributed by atoms with Crippen molar-refractivity contribution in [3.05, 3.63) is 54.4 Å². The van der Waals surface area contributed by atoms with Crippen molar-refractivity contribution in [3.63, 3.8) is 0 Å². The predicted molar refractivity (Wildman–Crippen MR) is 108 cm³/mol. The van der Waals surface area contributed by atoms with Gasteiger partial charge in [-0.3, -0.25) is 4.79 Å². The Labute approximate surface area is 159 Å². The minimum Gasteiger partial charge on any atom is -0.494 e. The van der Waals surface area contributed by atoms with Crippen LogP contribution < -0.4 is 10.1 Å². The molecule has 1 atom stereocenters. The van der Waals surface area contributed by atoms with Crippen LogP contribution in [0, 0.1) is 0 Å². The largest absolute Gasteiger partial charge is 0.494 e. The SMILES string of the molecule is CCOc1ccc(NC(=O)C(C)n2c(CN(C)C)nc3ccccc32)cc1. The van der Waals surface area contributed by atoms with E-state index >= 15 is 0 Å². The van der Waals surface area contributed by atoms with Gasteiger partial charge in [-0.1, -0.05) is 12.1 Å². The normalized spacial score (nSPS) is 12.3. The van der Waals surface area contributed by atoms with E-state index < -0.39 is 0 Å². The maximum Gasteiger partial charge on any atom is 0.247 e. The quantitative estimate of drug-likeness (QED) is 0.693. The Hall–Kier alpha value is -2.86. The van der Waals surface area contributed by atoms with Crippen molar-refractivity contribution in [3.8, 4) is 5.75 Å². The third-order valence-corrected chi connectivity index (χ3v) is 4.33. The highest BCUT2D eigenvalue weighted by atomic mass is 16.5. The first kappa shape index (κ1) is 18.9. The Morgan fingerprint density at radius 2 is 1.89 bits per heavy atom. The van der Waals surface area contributed by atoms with Gasteiger partial charge in [0.05, 0.1) is 24.2 Å². The smallest absolute Gasteiger partial charge is 0.247 e. The minimum absolute atomic E-state index is 0.0812. The number of nitrogens with one attached hydrogen (secondary N) is 1. The van der Waals surface area contributed by atoms with Crippen molar-refractivity contribution in [1.29, 1.82) is 0 Å². The molecule has 0 radical (unpaired) electrons. The van der Waals surface area contributed by atoms with Gasteiger partial charge in [-0.25, -0.2) is 4.98 Å². The Balaban J connectivity index is 1.85. The molecule has 1 N–H and O–H groups in total. The summed E-state index contributed by atoms with van der Waals surface area (Å²) < 4.78 is 7.46. The van der Waals surface area contributed by atoms with E-state index in [9.17, 15) is 4.79 Å². The van der Waals surface area contributed by atoms with Gasteiger partial charge in [0, 0.05) is 5.69 Å². The molecular formula is C21H26N4O2. The van der Waals surface area contributed by atoms with E-state index in [2.05, 4.69) is 10.2 Å². The predicted octanol–water partition coefficient (Wildman–Crippen LogP) is 3.70. The molecule has 0 fully saturated rings. The molecule has 2 aromatic carbocycles. The molecule has 1 unspecified atom stereocenters. The van der Waals surface area contributed by atoms with Crippen molar-refractivity contribution in [2.45, 2.75) is 26.4 Å². The number of aromatic nitrogens is 2. The molecule has 0 aliphatic carbocycles. The average Bonchev–Trinajstić information content (AvgIpc) is 2.99. The standard InChI is InChI=1S/C21H26N4O2/c1-5-27-17-12-10-16(11-13-17)22-21(26)15(2)25-19-9-7-6-8-18(19)23-20(25)14-24(3)4/h6-13,15H,5,14H2,1-4H3,(H,22,26). The lowest BCUT2D eigenvalue weighted by Crippen LogP contribution is -2.26. The number of carbonyl (C=O) groups is 1. The highest BCUT2D eigenvalue weighted by Gasteiger charge is 2.21. The van der Waals surface area contributed by atoms with Crippen LogP contribution in [-0.4, -0.2) is 41.1 Å². The maximum absolute atomic E-state index is 12.9. The number of amides is 1. The van der Waals surface area contributed by atoms with E-state index in [0.717, 1.165) is 28.3 Å². The number of ether oxygens (including phenoxy) is 1. The number of hydrogen-bond acceptors (Lipinski definition) is 4. The first-order valence-corrected chi connectivity index (χ1v) is 9.14. The number of hydrogen-bond donors (Lipinski definition) is 1.